The van der Waals surface area contributed by atoms with Gasteiger partial charge in [-0.1, -0.05) is 45.7 Å². The lowest BCUT2D eigenvalue weighted by Gasteiger charge is -2.42. The van der Waals surface area contributed by atoms with Crippen molar-refractivity contribution in [2.45, 2.75) is 110 Å². The van der Waals surface area contributed by atoms with Crippen LogP contribution in [0.25, 0.3) is 33.3 Å². The minimum atomic E-state index is -1.19. The molecule has 5 atom stereocenters. The molecule has 8 rings (SSSR count). The van der Waals surface area contributed by atoms with Crippen LogP contribution in [0.1, 0.15) is 83.7 Å². The highest BCUT2D eigenvalue weighted by Gasteiger charge is 2.42. The Labute approximate surface area is 428 Å². The van der Waals surface area contributed by atoms with Crippen molar-refractivity contribution in [3.8, 4) is 40.0 Å². The number of hydrogen-bond acceptors (Lipinski definition) is 12. The first kappa shape index (κ1) is 53.0. The zero-order chi connectivity index (χ0) is 52.5. The van der Waals surface area contributed by atoms with Gasteiger partial charge in [0.15, 0.2) is 0 Å². The molecule has 3 fully saturated rings. The molecule has 1 unspecified atom stereocenters. The summed E-state index contributed by atoms with van der Waals surface area (Å²) in [6.07, 6.45) is 3.33. The number of phenols is 1. The first-order valence-electron chi connectivity index (χ1n) is 25.6. The van der Waals surface area contributed by atoms with E-state index in [4.69, 9.17) is 19.2 Å². The summed E-state index contributed by atoms with van der Waals surface area (Å²) < 4.78 is 19.6. The Hall–Kier alpha value is -6.32. The number of carbonyl (C=O) groups excluding carboxylic acids is 5. The normalized spacial score (nSPS) is 21.7. The van der Waals surface area contributed by atoms with Gasteiger partial charge < -0.3 is 39.0 Å². The van der Waals surface area contributed by atoms with E-state index in [2.05, 4.69) is 66.1 Å². The molecule has 6 bridgehead atoms. The number of phenolic OH excluding ortho intramolecular Hbond substituents is 1. The number of likely N-dealkylation sites (tertiary alicyclic amines) is 1. The van der Waals surface area contributed by atoms with Crippen LogP contribution in [0.15, 0.2) is 54.7 Å². The van der Waals surface area contributed by atoms with Crippen LogP contribution in [0.4, 0.5) is 0 Å². The number of carbonyl (C=O) groups is 5. The minimum absolute atomic E-state index is 0.0186. The van der Waals surface area contributed by atoms with E-state index < -0.39 is 52.8 Å². The molecule has 4 aromatic rings. The number of pyridine rings is 1. The molecule has 4 amide bonds. The van der Waals surface area contributed by atoms with Gasteiger partial charge in [0, 0.05) is 74.8 Å². The summed E-state index contributed by atoms with van der Waals surface area (Å²) >= 11 is 0. The number of rotatable bonds is 10. The fraction of sp³-hybridized carbons (Fsp3) is 0.536. The van der Waals surface area contributed by atoms with Gasteiger partial charge in [0.05, 0.1) is 43.2 Å². The van der Waals surface area contributed by atoms with E-state index in [1.807, 2.05) is 58.0 Å². The summed E-state index contributed by atoms with van der Waals surface area (Å²) in [6.45, 7) is 14.3. The van der Waals surface area contributed by atoms with Crippen LogP contribution in [0, 0.1) is 29.1 Å². The van der Waals surface area contributed by atoms with Gasteiger partial charge in [0.25, 0.3) is 11.8 Å². The van der Waals surface area contributed by atoms with Crippen LogP contribution < -0.4 is 10.7 Å². The molecule has 4 aliphatic heterocycles. The van der Waals surface area contributed by atoms with Gasteiger partial charge in [0.1, 0.15) is 29.4 Å². The number of hydrogen-bond donors (Lipinski definition) is 3. The number of cyclic esters (lactones) is 1. The van der Waals surface area contributed by atoms with Crippen molar-refractivity contribution in [1.82, 2.24) is 40.0 Å². The van der Waals surface area contributed by atoms with Gasteiger partial charge >= 0.3 is 5.97 Å². The summed E-state index contributed by atoms with van der Waals surface area (Å²) in [4.78, 5) is 80.8. The Balaban J connectivity index is 1.13. The largest absolute Gasteiger partial charge is 0.508 e. The average Bonchev–Trinajstić information content (AvgIpc) is 3.96. The average molecular weight is 1000 g/mol. The Morgan fingerprint density at radius 2 is 1.78 bits per heavy atom. The second-order valence-corrected chi connectivity index (χ2v) is 21.6. The number of methoxy groups -OCH3 is 1. The Morgan fingerprint density at radius 1 is 1.01 bits per heavy atom. The zero-order valence-electron chi connectivity index (χ0n) is 44.0. The third kappa shape index (κ3) is 11.0. The fourth-order valence-corrected chi connectivity index (χ4v) is 10.8. The SMILES string of the molecule is CCn1c(-c2cccnc2[C@H](C)OC)c2c3cc(ccc31)-c1cc(O)cc(c1)C[C@H](NC(=O)C(C(C)C)N(C)C(=O)[C@H]1CCN(C(=O)C#CC3(N(C)C)COC3)C1)C(=O)N1CCC[C@H](N1)C(=O)OCC(C)(C)C2. The predicted octanol–water partition coefficient (Wildman–Crippen LogP) is 5.12. The molecule has 390 valence electrons. The summed E-state index contributed by atoms with van der Waals surface area (Å²) in [5.74, 6) is 2.73. The van der Waals surface area contributed by atoms with Crippen LogP contribution in [0.2, 0.25) is 0 Å². The topological polar surface area (TPSA) is 188 Å². The van der Waals surface area contributed by atoms with Crippen LogP contribution >= 0.6 is 0 Å². The van der Waals surface area contributed by atoms with Gasteiger partial charge in [-0.3, -0.25) is 38.9 Å². The van der Waals surface area contributed by atoms with E-state index in [9.17, 15) is 29.1 Å². The molecule has 0 spiro atoms. The van der Waals surface area contributed by atoms with Crippen LogP contribution in [-0.2, 0) is 57.6 Å². The van der Waals surface area contributed by atoms with Gasteiger partial charge in [0.2, 0.25) is 11.8 Å². The highest BCUT2D eigenvalue weighted by molar-refractivity contribution is 5.97. The molecule has 0 aliphatic carbocycles. The van der Waals surface area contributed by atoms with Crippen molar-refractivity contribution in [3.05, 3.63) is 71.5 Å². The highest BCUT2D eigenvalue weighted by atomic mass is 16.5. The third-order valence-corrected chi connectivity index (χ3v) is 15.1. The summed E-state index contributed by atoms with van der Waals surface area (Å²) in [5.41, 5.74) is 8.97. The smallest absolute Gasteiger partial charge is 0.324 e. The molecule has 0 saturated carbocycles. The molecule has 73 heavy (non-hydrogen) atoms. The van der Waals surface area contributed by atoms with Crippen LogP contribution in [0.5, 0.6) is 5.75 Å². The maximum atomic E-state index is 14.8. The van der Waals surface area contributed by atoms with Gasteiger partial charge in [-0.15, -0.1) is 0 Å². The molecular formula is C56H72N8O9. The molecule has 17 nitrogen and oxygen atoms in total. The first-order chi connectivity index (χ1) is 34.7. The van der Waals surface area contributed by atoms with Gasteiger partial charge in [-0.2, -0.15) is 0 Å². The number of aryl methyl sites for hydroxylation is 1. The van der Waals surface area contributed by atoms with Gasteiger partial charge in [-0.25, -0.2) is 5.43 Å². The maximum absolute atomic E-state index is 14.8. The van der Waals surface area contributed by atoms with Crippen molar-refractivity contribution in [3.63, 3.8) is 0 Å². The molecular weight excluding hydrogens is 929 g/mol. The number of likely N-dealkylation sites (N-methyl/N-ethyl adjacent to an activating group) is 2. The first-order valence-corrected chi connectivity index (χ1v) is 25.6. The summed E-state index contributed by atoms with van der Waals surface area (Å²) in [7, 11) is 7.04. The number of nitrogens with one attached hydrogen (secondary N) is 2. The molecule has 6 heterocycles. The number of aromatic hydroxyl groups is 1. The van der Waals surface area contributed by atoms with Crippen molar-refractivity contribution < 1.29 is 43.3 Å². The van der Waals surface area contributed by atoms with E-state index in [1.54, 1.807) is 37.4 Å². The Morgan fingerprint density at radius 3 is 2.47 bits per heavy atom. The molecule has 0 radical (unpaired) electrons. The van der Waals surface area contributed by atoms with E-state index in [1.165, 1.54) is 9.91 Å². The number of fused-ring (bicyclic) bond motifs is 6. The second kappa shape index (κ2) is 21.6. The third-order valence-electron chi connectivity index (χ3n) is 15.1. The van der Waals surface area contributed by atoms with E-state index in [0.717, 1.165) is 39.0 Å². The number of esters is 1. The standard InChI is InChI=1S/C56H72N8O9/c1-11-63-46-17-16-37-28-42(46)43(50(63)41-14-12-21-57-48(41)35(4)71-10)29-55(5,6)31-73-54(70)44-15-13-22-64(59-44)53(69)45(26-36-24-39(37)27-40(65)25-36)58-51(67)49(34(2)3)61(9)52(68)38-19-23-62(30-38)47(66)18-20-56(60(7)8)32-72-33-56/h12,14,16-17,21,24-25,27-28,34-35,38,44-45,49,59,65H,11,13,15,19,22-23,26,29-33H2,1-10H3,(H,58,67)/t35-,38-,44-,45-,49?/m0/s1. The maximum Gasteiger partial charge on any atom is 0.324 e. The van der Waals surface area contributed by atoms with E-state index in [0.29, 0.717) is 63.1 Å². The lowest BCUT2D eigenvalue weighted by atomic mass is 9.84. The lowest BCUT2D eigenvalue weighted by molar-refractivity contribution is -0.155. The van der Waals surface area contributed by atoms with Crippen molar-refractivity contribution in [1.29, 1.82) is 0 Å². The zero-order valence-corrected chi connectivity index (χ0v) is 44.0. The van der Waals surface area contributed by atoms with Crippen molar-refractivity contribution in [2.75, 3.05) is 67.7 Å². The monoisotopic (exact) mass is 1000 g/mol. The summed E-state index contributed by atoms with van der Waals surface area (Å²) in [6, 6.07) is 12.4. The predicted molar refractivity (Wildman–Crippen MR) is 276 cm³/mol. The number of aromatic nitrogens is 2. The van der Waals surface area contributed by atoms with Crippen LogP contribution in [0.3, 0.4) is 0 Å². The Kier molecular flexibility index (Phi) is 15.7. The molecule has 2 aromatic carbocycles. The number of nitrogens with zero attached hydrogens (tertiary/aromatic N) is 6. The second-order valence-electron chi connectivity index (χ2n) is 21.6. The molecule has 3 N–H and O–H groups in total. The summed E-state index contributed by atoms with van der Waals surface area (Å²) in [5, 5.41) is 16.8. The molecule has 2 aromatic heterocycles. The minimum Gasteiger partial charge on any atom is -0.508 e. The van der Waals surface area contributed by atoms with E-state index >= 15 is 0 Å². The lowest BCUT2D eigenvalue weighted by Crippen LogP contribution is -2.62. The van der Waals surface area contributed by atoms with E-state index in [-0.39, 0.29) is 55.7 Å². The molecule has 4 aliphatic rings. The van der Waals surface area contributed by atoms with Crippen molar-refractivity contribution >= 4 is 40.5 Å². The van der Waals surface area contributed by atoms with Gasteiger partial charge in [-0.05, 0) is 124 Å². The quantitative estimate of drug-likeness (QED) is 0.141. The van der Waals surface area contributed by atoms with Crippen molar-refractivity contribution in [2.24, 2.45) is 17.3 Å². The fourth-order valence-electron chi connectivity index (χ4n) is 10.8. The number of ether oxygens (including phenoxy) is 3. The molecule has 17 heteroatoms. The number of amides is 4. The highest BCUT2D eigenvalue weighted by Crippen LogP contribution is 2.42. The number of hydrazine groups is 1. The van der Waals surface area contributed by atoms with Crippen LogP contribution in [-0.4, -0.2) is 155 Å². The molecule has 3 saturated heterocycles. The number of benzene rings is 2. The Bertz CT molecular complexity index is 2820.